The van der Waals surface area contributed by atoms with Crippen LogP contribution in [0.2, 0.25) is 5.02 Å². The summed E-state index contributed by atoms with van der Waals surface area (Å²) in [5, 5.41) is 11.7. The number of nitrogens with one attached hydrogen (secondary N) is 3. The number of aromatic nitrogens is 7. The molecular weight excluding hydrogens is 760 g/mol. The van der Waals surface area contributed by atoms with Crippen molar-refractivity contribution in [3.05, 3.63) is 87.1 Å². The van der Waals surface area contributed by atoms with Gasteiger partial charge >= 0.3 is 0 Å². The van der Waals surface area contributed by atoms with Gasteiger partial charge in [-0.1, -0.05) is 17.7 Å². The number of carbonyl (C=O) groups is 1. The van der Waals surface area contributed by atoms with E-state index in [2.05, 4.69) is 30.2 Å². The zero-order chi connectivity index (χ0) is 38.2. The topological polar surface area (TPSA) is 141 Å². The summed E-state index contributed by atoms with van der Waals surface area (Å²) in [5.74, 6) is -5.01. The quantitative estimate of drug-likeness (QED) is 0.0925. The Morgan fingerprint density at radius 2 is 1.83 bits per heavy atom. The number of rotatable bonds is 11. The molecule has 2 aliphatic carbocycles. The van der Waals surface area contributed by atoms with Gasteiger partial charge < -0.3 is 14.9 Å². The number of aromatic amines is 1. The molecule has 4 heterocycles. The van der Waals surface area contributed by atoms with E-state index in [4.69, 9.17) is 16.6 Å². The predicted octanol–water partition coefficient (Wildman–Crippen LogP) is 7.30. The van der Waals surface area contributed by atoms with Gasteiger partial charge in [0, 0.05) is 42.1 Å². The first kappa shape index (κ1) is 36.2. The van der Waals surface area contributed by atoms with Crippen molar-refractivity contribution in [3.8, 4) is 11.1 Å². The average Bonchev–Trinajstić information content (AvgIpc) is 3.45. The molecule has 1 saturated carbocycles. The lowest BCUT2D eigenvalue weighted by molar-refractivity contribution is -0.122. The number of pyridine rings is 1. The standard InChI is InChI=1S/C35H30ClF6N9O2S/c1-50-29-19(5-6-22(36)26(29)34(48-50)49-54(2)53)21-13-24-33(46-32(44-24)16-3-4-16)45-27(21)23(11-15-9-17(37)12-18(38)10-15)43-25(52)14-51-30-20(7-8-35(30,41)42)28(47-51)31(39)40/h5-6,9-10,12-13,16,23,31H,3-4,7-8,11,14H2,1-2H3,(H,43,52)(H,48,49)(H,44,45,46). The lowest BCUT2D eigenvalue weighted by Gasteiger charge is -2.23. The minimum Gasteiger partial charge on any atom is -0.593 e. The molecule has 2 aromatic carbocycles. The third-order valence-electron chi connectivity index (χ3n) is 9.60. The maximum atomic E-state index is 15.0. The molecule has 1 amide bonds. The van der Waals surface area contributed by atoms with E-state index in [1.807, 2.05) is 0 Å². The number of anilines is 1. The van der Waals surface area contributed by atoms with Gasteiger partial charge in [-0.15, -0.1) is 0 Å². The van der Waals surface area contributed by atoms with Crippen molar-refractivity contribution in [3.63, 3.8) is 0 Å². The van der Waals surface area contributed by atoms with Gasteiger partial charge in [-0.3, -0.25) is 14.2 Å². The van der Waals surface area contributed by atoms with E-state index in [-0.39, 0.29) is 52.1 Å². The molecular formula is C35H30ClF6N9O2S. The lowest BCUT2D eigenvalue weighted by atomic mass is 9.94. The molecule has 0 aliphatic heterocycles. The monoisotopic (exact) mass is 789 g/mol. The Bertz CT molecular complexity index is 2440. The van der Waals surface area contributed by atoms with E-state index in [0.29, 0.717) is 44.1 Å². The number of alkyl halides is 4. The zero-order valence-corrected chi connectivity index (χ0v) is 30.1. The molecule has 11 nitrogen and oxygen atoms in total. The third kappa shape index (κ3) is 6.63. The largest absolute Gasteiger partial charge is 0.593 e. The van der Waals surface area contributed by atoms with Gasteiger partial charge in [0.1, 0.15) is 41.6 Å². The highest BCUT2D eigenvalue weighted by Crippen LogP contribution is 2.45. The summed E-state index contributed by atoms with van der Waals surface area (Å²) in [6, 6.07) is 6.73. The summed E-state index contributed by atoms with van der Waals surface area (Å²) >= 11 is 5.15. The maximum Gasteiger partial charge on any atom is 0.290 e. The Hall–Kier alpha value is -4.81. The smallest absolute Gasteiger partial charge is 0.290 e. The van der Waals surface area contributed by atoms with E-state index < -0.39 is 71.6 Å². The molecule has 2 unspecified atom stereocenters. The van der Waals surface area contributed by atoms with Crippen LogP contribution in [0.25, 0.3) is 33.2 Å². The molecule has 0 bridgehead atoms. The number of hydrogen-bond acceptors (Lipinski definition) is 7. The van der Waals surface area contributed by atoms with Gasteiger partial charge in [0.15, 0.2) is 5.65 Å². The molecule has 54 heavy (non-hydrogen) atoms. The van der Waals surface area contributed by atoms with Crippen LogP contribution in [0.1, 0.15) is 71.7 Å². The number of fused-ring (bicyclic) bond motifs is 3. The van der Waals surface area contributed by atoms with Crippen LogP contribution in [0.5, 0.6) is 0 Å². The highest BCUT2D eigenvalue weighted by molar-refractivity contribution is 7.92. The second kappa shape index (κ2) is 13.5. The summed E-state index contributed by atoms with van der Waals surface area (Å²) in [5.41, 5.74) is 0.665. The summed E-state index contributed by atoms with van der Waals surface area (Å²) in [7, 11) is 1.65. The van der Waals surface area contributed by atoms with E-state index in [0.717, 1.165) is 25.0 Å². The van der Waals surface area contributed by atoms with E-state index in [1.54, 1.807) is 25.2 Å². The van der Waals surface area contributed by atoms with Crippen LogP contribution < -0.4 is 10.0 Å². The summed E-state index contributed by atoms with van der Waals surface area (Å²) in [6.45, 7) is -0.861. The highest BCUT2D eigenvalue weighted by atomic mass is 35.5. The van der Waals surface area contributed by atoms with Crippen LogP contribution in [0.4, 0.5) is 32.2 Å². The third-order valence-corrected chi connectivity index (χ3v) is 10.4. The molecule has 6 aromatic rings. The molecule has 282 valence electrons. The normalized spacial score (nSPS) is 16.4. The van der Waals surface area contributed by atoms with Crippen LogP contribution in [0.3, 0.4) is 0 Å². The number of benzene rings is 2. The molecule has 19 heteroatoms. The first-order chi connectivity index (χ1) is 25.7. The van der Waals surface area contributed by atoms with Crippen molar-refractivity contribution in [2.75, 3.05) is 11.0 Å². The summed E-state index contributed by atoms with van der Waals surface area (Å²) < 4.78 is 104. The van der Waals surface area contributed by atoms with Crippen LogP contribution in [0, 0.1) is 11.6 Å². The molecule has 2 atom stereocenters. The van der Waals surface area contributed by atoms with Crippen molar-refractivity contribution in [2.24, 2.45) is 7.05 Å². The maximum absolute atomic E-state index is 15.0. The number of hydrogen-bond donors (Lipinski definition) is 3. The highest BCUT2D eigenvalue weighted by Gasteiger charge is 2.46. The average molecular weight is 790 g/mol. The van der Waals surface area contributed by atoms with Gasteiger partial charge in [0.25, 0.3) is 12.3 Å². The molecule has 0 spiro atoms. The Labute approximate surface area is 310 Å². The minimum absolute atomic E-state index is 0.122. The summed E-state index contributed by atoms with van der Waals surface area (Å²) in [6.07, 6.45) is -1.14. The molecule has 3 N–H and O–H groups in total. The fraction of sp³-hybridized carbons (Fsp3) is 0.343. The number of amides is 1. The molecule has 0 saturated heterocycles. The van der Waals surface area contributed by atoms with Crippen molar-refractivity contribution >= 4 is 56.8 Å². The van der Waals surface area contributed by atoms with Crippen LogP contribution >= 0.6 is 11.6 Å². The second-order valence-electron chi connectivity index (χ2n) is 13.5. The zero-order valence-electron chi connectivity index (χ0n) is 28.5. The van der Waals surface area contributed by atoms with E-state index in [1.165, 1.54) is 10.9 Å². The minimum atomic E-state index is -3.49. The number of H-pyrrole nitrogens is 1. The second-order valence-corrected chi connectivity index (χ2v) is 15.0. The van der Waals surface area contributed by atoms with Crippen LogP contribution in [0.15, 0.2) is 36.4 Å². The van der Waals surface area contributed by atoms with Crippen LogP contribution in [-0.2, 0) is 48.5 Å². The SMILES string of the molecule is Cn1nc(N[S+](C)[O-])c2c(Cl)ccc(-c3cc4[nH]c(C5CC5)nc4nc3C(Cc3cc(F)cc(F)c3)NC(=O)Cn3nc(C(F)F)c4c3C(F)(F)CC4)c21. The molecule has 8 rings (SSSR count). The van der Waals surface area contributed by atoms with Crippen molar-refractivity contribution in [2.45, 2.75) is 63.0 Å². The molecule has 4 aromatic heterocycles. The Morgan fingerprint density at radius 1 is 1.09 bits per heavy atom. The number of nitrogens with zero attached hydrogens (tertiary/aromatic N) is 6. The number of imidazole rings is 1. The molecule has 1 fully saturated rings. The first-order valence-corrected chi connectivity index (χ1v) is 18.8. The fourth-order valence-electron chi connectivity index (χ4n) is 7.23. The number of carbonyl (C=O) groups excluding carboxylic acids is 1. The Morgan fingerprint density at radius 3 is 2.52 bits per heavy atom. The van der Waals surface area contributed by atoms with Crippen molar-refractivity contribution < 1.29 is 35.7 Å². The first-order valence-electron chi connectivity index (χ1n) is 16.8. The van der Waals surface area contributed by atoms with Gasteiger partial charge in [0.2, 0.25) is 11.7 Å². The van der Waals surface area contributed by atoms with Crippen molar-refractivity contribution in [1.29, 1.82) is 0 Å². The Balaban J connectivity index is 1.29. The molecule has 0 radical (unpaired) electrons. The number of aryl methyl sites for hydroxylation is 1. The van der Waals surface area contributed by atoms with Gasteiger partial charge in [-0.2, -0.15) is 23.7 Å². The predicted molar refractivity (Wildman–Crippen MR) is 189 cm³/mol. The van der Waals surface area contributed by atoms with Gasteiger partial charge in [0.05, 0.1) is 44.5 Å². The van der Waals surface area contributed by atoms with Crippen LogP contribution in [-0.4, -0.2) is 51.2 Å². The fourth-order valence-corrected chi connectivity index (χ4v) is 7.89. The lowest BCUT2D eigenvalue weighted by Crippen LogP contribution is -2.35. The van der Waals surface area contributed by atoms with E-state index >= 15 is 0 Å². The van der Waals surface area contributed by atoms with E-state index in [9.17, 15) is 35.7 Å². The van der Waals surface area contributed by atoms with Gasteiger partial charge in [-0.05, 0) is 55.5 Å². The molecule has 2 aliphatic rings. The number of halogens is 7. The Kier molecular flexibility index (Phi) is 9.04. The van der Waals surface area contributed by atoms with Crippen molar-refractivity contribution in [1.82, 2.24) is 39.8 Å². The summed E-state index contributed by atoms with van der Waals surface area (Å²) in [4.78, 5) is 26.8. The van der Waals surface area contributed by atoms with Gasteiger partial charge in [-0.25, -0.2) is 27.5 Å².